The molecule has 0 aliphatic carbocycles. The van der Waals surface area contributed by atoms with Gasteiger partial charge in [-0.25, -0.2) is 0 Å². The Balaban J connectivity index is 2.04. The normalized spacial score (nSPS) is 27.4. The Morgan fingerprint density at radius 2 is 2.57 bits per heavy atom. The number of nitrogens with one attached hydrogen (secondary N) is 1. The van der Waals surface area contributed by atoms with E-state index in [2.05, 4.69) is 5.32 Å². The van der Waals surface area contributed by atoms with Gasteiger partial charge in [0, 0.05) is 5.56 Å². The van der Waals surface area contributed by atoms with Gasteiger partial charge in [0.1, 0.15) is 6.04 Å². The first-order chi connectivity index (χ1) is 6.77. The molecule has 4 nitrogen and oxygen atoms in total. The van der Waals surface area contributed by atoms with Crippen molar-refractivity contribution in [2.75, 3.05) is 5.75 Å². The zero-order chi connectivity index (χ0) is 9.97. The molecule has 0 spiro atoms. The van der Waals surface area contributed by atoms with Crippen molar-refractivity contribution in [3.05, 3.63) is 24.2 Å². The topological polar surface area (TPSA) is 62.5 Å². The third-order valence-corrected chi connectivity index (χ3v) is 3.40. The highest BCUT2D eigenvalue weighted by molar-refractivity contribution is 7.99. The lowest BCUT2D eigenvalue weighted by molar-refractivity contribution is -0.139. The van der Waals surface area contributed by atoms with E-state index in [4.69, 9.17) is 9.52 Å². The van der Waals surface area contributed by atoms with E-state index >= 15 is 0 Å². The second kappa shape index (κ2) is 4.06. The van der Waals surface area contributed by atoms with Crippen LogP contribution in [0.25, 0.3) is 0 Å². The summed E-state index contributed by atoms with van der Waals surface area (Å²) in [5.74, 6) is 0.0820. The summed E-state index contributed by atoms with van der Waals surface area (Å²) in [6.45, 7) is 0. The average molecular weight is 213 g/mol. The fourth-order valence-electron chi connectivity index (χ4n) is 1.43. The van der Waals surface area contributed by atoms with Gasteiger partial charge in [0.05, 0.1) is 17.9 Å². The number of carbonyl (C=O) groups is 1. The molecule has 0 amide bonds. The SMILES string of the molecule is O=C(O)C1CCSC(c2ccoc2)N1. The van der Waals surface area contributed by atoms with Gasteiger partial charge in [0.25, 0.3) is 0 Å². The van der Waals surface area contributed by atoms with Crippen molar-refractivity contribution in [1.29, 1.82) is 0 Å². The highest BCUT2D eigenvalue weighted by Crippen LogP contribution is 2.31. The maximum absolute atomic E-state index is 10.8. The molecule has 1 fully saturated rings. The van der Waals surface area contributed by atoms with E-state index in [0.717, 1.165) is 11.3 Å². The molecule has 2 heterocycles. The van der Waals surface area contributed by atoms with E-state index in [1.54, 1.807) is 24.3 Å². The van der Waals surface area contributed by atoms with E-state index < -0.39 is 12.0 Å². The second-order valence-electron chi connectivity index (χ2n) is 3.15. The van der Waals surface area contributed by atoms with Crippen molar-refractivity contribution >= 4 is 17.7 Å². The smallest absolute Gasteiger partial charge is 0.320 e. The molecule has 0 saturated carbocycles. The Morgan fingerprint density at radius 3 is 3.21 bits per heavy atom. The molecule has 14 heavy (non-hydrogen) atoms. The molecule has 1 aliphatic rings. The van der Waals surface area contributed by atoms with E-state index in [0.29, 0.717) is 6.42 Å². The van der Waals surface area contributed by atoms with Gasteiger partial charge in [-0.2, -0.15) is 0 Å². The quantitative estimate of drug-likeness (QED) is 0.778. The Morgan fingerprint density at radius 1 is 1.71 bits per heavy atom. The minimum atomic E-state index is -0.779. The maximum atomic E-state index is 10.8. The molecular formula is C9H11NO3S. The number of hydrogen-bond acceptors (Lipinski definition) is 4. The van der Waals surface area contributed by atoms with Gasteiger partial charge in [-0.05, 0) is 18.2 Å². The van der Waals surface area contributed by atoms with Gasteiger partial charge in [0.2, 0.25) is 0 Å². The summed E-state index contributed by atoms with van der Waals surface area (Å²) in [4.78, 5) is 10.8. The van der Waals surface area contributed by atoms with Crippen LogP contribution in [0.3, 0.4) is 0 Å². The van der Waals surface area contributed by atoms with Crippen LogP contribution in [0.5, 0.6) is 0 Å². The number of carboxylic acids is 1. The van der Waals surface area contributed by atoms with E-state index in [1.165, 1.54) is 0 Å². The Kier molecular flexibility index (Phi) is 2.79. The molecule has 1 saturated heterocycles. The van der Waals surface area contributed by atoms with Gasteiger partial charge in [-0.15, -0.1) is 11.8 Å². The molecule has 2 unspecified atom stereocenters. The van der Waals surface area contributed by atoms with Gasteiger partial charge in [0.15, 0.2) is 0 Å². The van der Waals surface area contributed by atoms with Crippen molar-refractivity contribution in [3.8, 4) is 0 Å². The van der Waals surface area contributed by atoms with Crippen molar-refractivity contribution in [2.45, 2.75) is 17.8 Å². The van der Waals surface area contributed by atoms with Crippen molar-refractivity contribution in [1.82, 2.24) is 5.32 Å². The molecule has 2 atom stereocenters. The molecular weight excluding hydrogens is 202 g/mol. The number of rotatable bonds is 2. The highest BCUT2D eigenvalue weighted by Gasteiger charge is 2.27. The lowest BCUT2D eigenvalue weighted by Gasteiger charge is -2.27. The van der Waals surface area contributed by atoms with E-state index in [9.17, 15) is 4.79 Å². The van der Waals surface area contributed by atoms with Crippen molar-refractivity contribution in [2.24, 2.45) is 0 Å². The maximum Gasteiger partial charge on any atom is 0.320 e. The molecule has 5 heteroatoms. The second-order valence-corrected chi connectivity index (χ2v) is 4.37. The largest absolute Gasteiger partial charge is 0.480 e. The summed E-state index contributed by atoms with van der Waals surface area (Å²) in [6, 6.07) is 1.42. The zero-order valence-electron chi connectivity index (χ0n) is 7.47. The van der Waals surface area contributed by atoms with Crippen molar-refractivity contribution < 1.29 is 14.3 Å². The summed E-state index contributed by atoms with van der Waals surface area (Å²) < 4.78 is 4.96. The van der Waals surface area contributed by atoms with E-state index in [1.807, 2.05) is 6.07 Å². The van der Waals surface area contributed by atoms with Crippen LogP contribution in [0, 0.1) is 0 Å². The predicted octanol–water partition coefficient (Wildman–Crippen LogP) is 1.46. The van der Waals surface area contributed by atoms with Gasteiger partial charge >= 0.3 is 5.97 Å². The molecule has 2 rings (SSSR count). The first-order valence-electron chi connectivity index (χ1n) is 4.40. The number of hydrogen-bond donors (Lipinski definition) is 2. The molecule has 1 aromatic rings. The third kappa shape index (κ3) is 1.93. The van der Waals surface area contributed by atoms with Crippen LogP contribution in [0.15, 0.2) is 23.0 Å². The molecule has 0 radical (unpaired) electrons. The first-order valence-corrected chi connectivity index (χ1v) is 5.45. The lowest BCUT2D eigenvalue weighted by atomic mass is 10.2. The number of aliphatic carboxylic acids is 1. The summed E-state index contributed by atoms with van der Waals surface area (Å²) >= 11 is 1.71. The fourth-order valence-corrected chi connectivity index (χ4v) is 2.62. The third-order valence-electron chi connectivity index (χ3n) is 2.19. The Labute approximate surface area is 85.7 Å². The van der Waals surface area contributed by atoms with Gasteiger partial charge < -0.3 is 9.52 Å². The highest BCUT2D eigenvalue weighted by atomic mass is 32.2. The molecule has 0 aromatic carbocycles. The minimum absolute atomic E-state index is 0.0450. The molecule has 0 bridgehead atoms. The van der Waals surface area contributed by atoms with Crippen LogP contribution < -0.4 is 5.32 Å². The van der Waals surface area contributed by atoms with Crippen LogP contribution >= 0.6 is 11.8 Å². The standard InChI is InChI=1S/C9H11NO3S/c11-9(12)7-2-4-14-8(10-7)6-1-3-13-5-6/h1,3,5,7-8,10H,2,4H2,(H,11,12). The summed E-state index contributed by atoms with van der Waals surface area (Å²) in [5, 5.41) is 12.0. The predicted molar refractivity (Wildman–Crippen MR) is 53.1 cm³/mol. The zero-order valence-corrected chi connectivity index (χ0v) is 8.29. The van der Waals surface area contributed by atoms with Crippen LogP contribution in [0.2, 0.25) is 0 Å². The average Bonchev–Trinajstić information content (AvgIpc) is 2.71. The summed E-state index contributed by atoms with van der Waals surface area (Å²) in [7, 11) is 0. The first kappa shape index (κ1) is 9.61. The van der Waals surface area contributed by atoms with Crippen LogP contribution in [-0.4, -0.2) is 22.9 Å². The molecule has 1 aliphatic heterocycles. The Bertz CT molecular complexity index is 312. The summed E-state index contributed by atoms with van der Waals surface area (Å²) in [5.41, 5.74) is 1.00. The summed E-state index contributed by atoms with van der Waals surface area (Å²) in [6.07, 6.45) is 3.92. The Hall–Kier alpha value is -0.940. The molecule has 2 N–H and O–H groups in total. The number of carboxylic acid groups (broad SMARTS) is 1. The van der Waals surface area contributed by atoms with Gasteiger partial charge in [-0.1, -0.05) is 0 Å². The monoisotopic (exact) mass is 213 g/mol. The van der Waals surface area contributed by atoms with E-state index in [-0.39, 0.29) is 5.37 Å². The van der Waals surface area contributed by atoms with Crippen LogP contribution in [0.1, 0.15) is 17.4 Å². The number of thioether (sulfide) groups is 1. The molecule has 76 valence electrons. The fraction of sp³-hybridized carbons (Fsp3) is 0.444. The van der Waals surface area contributed by atoms with Crippen LogP contribution in [0.4, 0.5) is 0 Å². The number of furan rings is 1. The van der Waals surface area contributed by atoms with Gasteiger partial charge in [-0.3, -0.25) is 10.1 Å². The van der Waals surface area contributed by atoms with Crippen molar-refractivity contribution in [3.63, 3.8) is 0 Å². The molecule has 1 aromatic heterocycles. The lowest BCUT2D eigenvalue weighted by Crippen LogP contribution is -2.41. The minimum Gasteiger partial charge on any atom is -0.480 e. The van der Waals surface area contributed by atoms with Crippen LogP contribution in [-0.2, 0) is 4.79 Å².